The molecular formula is C51H55F2N9O7. The number of halogens is 2. The molecule has 4 aliphatic rings. The van der Waals surface area contributed by atoms with Crippen molar-refractivity contribution in [2.75, 3.05) is 66.8 Å². The number of piperidine rings is 1. The minimum atomic E-state index is -1.02. The zero-order valence-corrected chi connectivity index (χ0v) is 38.2. The van der Waals surface area contributed by atoms with Gasteiger partial charge < -0.3 is 30.5 Å². The number of unbranched alkanes of at least 4 members (excludes halogenated alkanes) is 4. The van der Waals surface area contributed by atoms with Crippen molar-refractivity contribution in [1.29, 1.82) is 0 Å². The lowest BCUT2D eigenvalue weighted by molar-refractivity contribution is -0.136. The van der Waals surface area contributed by atoms with Crippen molar-refractivity contribution >= 4 is 69.2 Å². The molecule has 5 aromatic rings. The van der Waals surface area contributed by atoms with E-state index in [1.165, 1.54) is 12.1 Å². The van der Waals surface area contributed by atoms with Crippen LogP contribution in [0.5, 0.6) is 0 Å². The third-order valence-corrected chi connectivity index (χ3v) is 13.4. The summed E-state index contributed by atoms with van der Waals surface area (Å²) in [5.74, 6) is -3.29. The van der Waals surface area contributed by atoms with E-state index < -0.39 is 41.3 Å². The van der Waals surface area contributed by atoms with E-state index in [1.807, 2.05) is 41.3 Å². The highest BCUT2D eigenvalue weighted by Gasteiger charge is 2.45. The van der Waals surface area contributed by atoms with E-state index in [9.17, 15) is 37.5 Å². The molecule has 0 bridgehead atoms. The second kappa shape index (κ2) is 21.0. The molecule has 0 saturated carbocycles. The van der Waals surface area contributed by atoms with Gasteiger partial charge in [0.25, 0.3) is 17.7 Å². The van der Waals surface area contributed by atoms with Crippen LogP contribution in [-0.4, -0.2) is 113 Å². The number of H-pyrrole nitrogens is 1. The fourth-order valence-electron chi connectivity index (χ4n) is 9.69. The number of hydrogen-bond acceptors (Lipinski definition) is 11. The molecule has 16 nitrogen and oxygen atoms in total. The summed E-state index contributed by atoms with van der Waals surface area (Å²) in [7, 11) is 0. The standard InChI is InChI=1S/C51H55F2N9O7/c52-33-26-32(27-34(53)29-33)25-31-10-13-40-39(28-31)47(59-58-40)57-48(65)37-12-11-36(30-42(37)55-35-16-23-69-24-17-35)60-19-21-61(22-20-60)45(64)9-4-2-1-3-5-18-54-41-8-6-7-38-46(41)51(68)62(50(38)67)43-14-15-44(63)56-49(43)66/h6-8,10-13,26-30,35,43,54-55H,1-5,9,14-25H2,(H,56,63,66)(H2,57,58,59,65). The minimum Gasteiger partial charge on any atom is -0.384 e. The summed E-state index contributed by atoms with van der Waals surface area (Å²) in [5, 5.41) is 20.1. The van der Waals surface area contributed by atoms with Gasteiger partial charge in [-0.05, 0) is 104 Å². The number of amides is 6. The van der Waals surface area contributed by atoms with Crippen LogP contribution in [0.3, 0.4) is 0 Å². The number of carbonyl (C=O) groups excluding carboxylic acids is 6. The normalized spacial score (nSPS) is 17.6. The second-order valence-corrected chi connectivity index (χ2v) is 18.1. The van der Waals surface area contributed by atoms with E-state index in [0.717, 1.165) is 67.2 Å². The van der Waals surface area contributed by atoms with Crippen LogP contribution in [0.25, 0.3) is 10.9 Å². The van der Waals surface area contributed by atoms with Crippen LogP contribution in [0.2, 0.25) is 0 Å². The lowest BCUT2D eigenvalue weighted by atomic mass is 10.0. The topological polar surface area (TPSA) is 198 Å². The van der Waals surface area contributed by atoms with E-state index in [1.54, 1.807) is 18.2 Å². The van der Waals surface area contributed by atoms with Crippen LogP contribution in [0.1, 0.15) is 106 Å². The number of nitrogens with one attached hydrogen (secondary N) is 5. The molecule has 5 N–H and O–H groups in total. The number of hydrogen-bond donors (Lipinski definition) is 5. The zero-order valence-electron chi connectivity index (χ0n) is 38.2. The van der Waals surface area contributed by atoms with E-state index >= 15 is 0 Å². The number of imide groups is 2. The summed E-state index contributed by atoms with van der Waals surface area (Å²) in [6, 6.07) is 18.8. The van der Waals surface area contributed by atoms with Crippen LogP contribution in [-0.2, 0) is 25.5 Å². The Hall–Kier alpha value is -7.21. The van der Waals surface area contributed by atoms with E-state index in [4.69, 9.17) is 4.74 Å². The summed E-state index contributed by atoms with van der Waals surface area (Å²) in [6.07, 6.45) is 6.88. The summed E-state index contributed by atoms with van der Waals surface area (Å²) in [6.45, 7) is 4.28. The lowest BCUT2D eigenvalue weighted by Crippen LogP contribution is -2.54. The first kappa shape index (κ1) is 46.9. The Morgan fingerprint density at radius 1 is 0.783 bits per heavy atom. The SMILES string of the molecule is O=C1CCC(N2C(=O)c3cccc(NCCCCCCCC(=O)N4CCN(c5ccc(C(=O)Nc6n[nH]c7ccc(Cc8cc(F)cc(F)c8)cc67)c(NC6CCOCC6)c5)CC4)c3C2=O)C(=O)N1. The van der Waals surface area contributed by atoms with E-state index in [-0.39, 0.29) is 41.8 Å². The van der Waals surface area contributed by atoms with Crippen molar-refractivity contribution in [1.82, 2.24) is 25.3 Å². The molecule has 3 saturated heterocycles. The summed E-state index contributed by atoms with van der Waals surface area (Å²) in [5.41, 5.74) is 5.10. The number of anilines is 4. The molecule has 0 spiro atoms. The van der Waals surface area contributed by atoms with Gasteiger partial charge in [0.1, 0.15) is 17.7 Å². The molecule has 4 aliphatic heterocycles. The van der Waals surface area contributed by atoms with Crippen molar-refractivity contribution in [3.8, 4) is 0 Å². The van der Waals surface area contributed by atoms with Gasteiger partial charge in [0.2, 0.25) is 17.7 Å². The van der Waals surface area contributed by atoms with Gasteiger partial charge in [-0.15, -0.1) is 0 Å². The lowest BCUT2D eigenvalue weighted by Gasteiger charge is -2.36. The Bertz CT molecular complexity index is 2760. The smallest absolute Gasteiger partial charge is 0.264 e. The highest BCUT2D eigenvalue weighted by Crippen LogP contribution is 2.33. The number of carbonyl (C=O) groups is 6. The molecule has 18 heteroatoms. The highest BCUT2D eigenvalue weighted by molar-refractivity contribution is 6.25. The molecule has 0 aliphatic carbocycles. The molecular weight excluding hydrogens is 889 g/mol. The highest BCUT2D eigenvalue weighted by atomic mass is 19.1. The molecule has 3 fully saturated rings. The van der Waals surface area contributed by atoms with Crippen LogP contribution < -0.4 is 26.2 Å². The van der Waals surface area contributed by atoms with Gasteiger partial charge in [-0.1, -0.05) is 31.4 Å². The predicted molar refractivity (Wildman–Crippen MR) is 255 cm³/mol. The third-order valence-electron chi connectivity index (χ3n) is 13.4. The van der Waals surface area contributed by atoms with Gasteiger partial charge >= 0.3 is 0 Å². The molecule has 5 heterocycles. The average molecular weight is 944 g/mol. The Kier molecular flexibility index (Phi) is 14.3. The Balaban J connectivity index is 0.737. The summed E-state index contributed by atoms with van der Waals surface area (Å²) < 4.78 is 33.4. The first-order chi connectivity index (χ1) is 33.5. The Morgan fingerprint density at radius 3 is 2.33 bits per heavy atom. The number of benzene rings is 4. The maximum atomic E-state index is 14.0. The first-order valence-corrected chi connectivity index (χ1v) is 23.8. The monoisotopic (exact) mass is 943 g/mol. The van der Waals surface area contributed by atoms with Gasteiger partial charge in [0.15, 0.2) is 5.82 Å². The quantitative estimate of drug-likeness (QED) is 0.0487. The number of aromatic amines is 1. The van der Waals surface area contributed by atoms with Crippen molar-refractivity contribution in [3.63, 3.8) is 0 Å². The van der Waals surface area contributed by atoms with Crippen LogP contribution in [0, 0.1) is 11.6 Å². The number of piperazine rings is 1. The van der Waals surface area contributed by atoms with E-state index in [0.29, 0.717) is 98.0 Å². The summed E-state index contributed by atoms with van der Waals surface area (Å²) in [4.78, 5) is 83.0. The van der Waals surface area contributed by atoms with Gasteiger partial charge in [0.05, 0.1) is 22.2 Å². The fraction of sp³-hybridized carbons (Fsp3) is 0.392. The molecule has 1 unspecified atom stereocenters. The van der Waals surface area contributed by atoms with Crippen molar-refractivity contribution < 1.29 is 42.3 Å². The number of aromatic nitrogens is 2. The maximum absolute atomic E-state index is 14.0. The zero-order chi connectivity index (χ0) is 48.0. The maximum Gasteiger partial charge on any atom is 0.264 e. The Labute approximate surface area is 397 Å². The molecule has 1 atom stereocenters. The number of ether oxygens (including phenoxy) is 1. The average Bonchev–Trinajstić information content (AvgIpc) is 3.85. The first-order valence-electron chi connectivity index (χ1n) is 23.8. The molecule has 0 radical (unpaired) electrons. The number of fused-ring (bicyclic) bond motifs is 2. The third kappa shape index (κ3) is 10.8. The molecule has 9 rings (SSSR count). The van der Waals surface area contributed by atoms with Gasteiger partial charge in [-0.3, -0.25) is 44.1 Å². The Morgan fingerprint density at radius 2 is 1.55 bits per heavy atom. The fourth-order valence-corrected chi connectivity index (χ4v) is 9.69. The minimum absolute atomic E-state index is 0.0614. The second-order valence-electron chi connectivity index (χ2n) is 18.1. The predicted octanol–water partition coefficient (Wildman–Crippen LogP) is 6.78. The van der Waals surface area contributed by atoms with Crippen molar-refractivity contribution in [2.45, 2.75) is 82.7 Å². The molecule has 360 valence electrons. The number of nitrogens with zero attached hydrogens (tertiary/aromatic N) is 4. The molecule has 1 aromatic heterocycles. The van der Waals surface area contributed by atoms with Gasteiger partial charge in [-0.2, -0.15) is 5.10 Å². The molecule has 6 amide bonds. The van der Waals surface area contributed by atoms with E-state index in [2.05, 4.69) is 36.4 Å². The molecule has 4 aromatic carbocycles. The van der Waals surface area contributed by atoms with Crippen LogP contribution in [0.4, 0.5) is 31.7 Å². The van der Waals surface area contributed by atoms with Crippen LogP contribution in [0.15, 0.2) is 72.8 Å². The molecule has 69 heavy (non-hydrogen) atoms. The van der Waals surface area contributed by atoms with Crippen molar-refractivity contribution in [3.05, 3.63) is 112 Å². The largest absolute Gasteiger partial charge is 0.384 e. The van der Waals surface area contributed by atoms with Gasteiger partial charge in [-0.25, -0.2) is 8.78 Å². The van der Waals surface area contributed by atoms with Gasteiger partial charge in [0, 0.05) is 93.3 Å². The van der Waals surface area contributed by atoms with Crippen LogP contribution >= 0.6 is 0 Å². The van der Waals surface area contributed by atoms with Crippen molar-refractivity contribution in [2.24, 2.45) is 0 Å². The number of rotatable bonds is 17. The summed E-state index contributed by atoms with van der Waals surface area (Å²) >= 11 is 0.